The lowest BCUT2D eigenvalue weighted by atomic mass is 9.78. The highest BCUT2D eigenvalue weighted by atomic mass is 19.2. The van der Waals surface area contributed by atoms with Gasteiger partial charge in [0.2, 0.25) is 0 Å². The number of rotatable bonds is 6. The van der Waals surface area contributed by atoms with E-state index in [0.29, 0.717) is 24.2 Å². The van der Waals surface area contributed by atoms with Crippen molar-refractivity contribution in [1.29, 1.82) is 0 Å². The molecule has 0 atom stereocenters. The second-order valence-corrected chi connectivity index (χ2v) is 7.17. The first kappa shape index (κ1) is 20.2. The summed E-state index contributed by atoms with van der Waals surface area (Å²) >= 11 is 0. The van der Waals surface area contributed by atoms with Crippen LogP contribution >= 0.6 is 0 Å². The van der Waals surface area contributed by atoms with Crippen LogP contribution in [0.15, 0.2) is 43.0 Å². The summed E-state index contributed by atoms with van der Waals surface area (Å²) in [6.45, 7) is 5.75. The van der Waals surface area contributed by atoms with Gasteiger partial charge in [-0.15, -0.1) is 0 Å². The molecular weight excluding hydrogens is 361 g/mol. The lowest BCUT2D eigenvalue weighted by molar-refractivity contribution is 0.320. The van der Waals surface area contributed by atoms with E-state index in [2.05, 4.69) is 6.58 Å². The Bertz CT molecular complexity index is 864. The van der Waals surface area contributed by atoms with Crippen LogP contribution in [-0.2, 0) is 0 Å². The van der Waals surface area contributed by atoms with Crippen molar-refractivity contribution in [1.82, 2.24) is 0 Å². The number of ether oxygens (including phenoxy) is 1. The molecule has 0 unspecified atom stereocenters. The van der Waals surface area contributed by atoms with Crippen LogP contribution in [0.3, 0.4) is 0 Å². The van der Waals surface area contributed by atoms with Crippen molar-refractivity contribution in [2.45, 2.75) is 38.5 Å². The predicted octanol–water partition coefficient (Wildman–Crippen LogP) is 7.13. The van der Waals surface area contributed by atoms with Crippen molar-refractivity contribution < 1.29 is 17.9 Å². The molecule has 0 amide bonds. The van der Waals surface area contributed by atoms with Gasteiger partial charge in [0.05, 0.1) is 6.61 Å². The standard InChI is InChI=1S/C24H25F3O/c1-3-17-11-12-19(24(27)23(17)26)10-7-16-5-8-18(9-6-16)20-13-14-22(28-4-2)21(25)15-20/h3,7,10-16,18H,1,4-6,8-9H2,2H3. The van der Waals surface area contributed by atoms with Gasteiger partial charge in [0.1, 0.15) is 0 Å². The van der Waals surface area contributed by atoms with Gasteiger partial charge in [0.25, 0.3) is 0 Å². The number of benzene rings is 2. The van der Waals surface area contributed by atoms with Crippen molar-refractivity contribution in [3.05, 3.63) is 77.1 Å². The van der Waals surface area contributed by atoms with Gasteiger partial charge >= 0.3 is 0 Å². The molecule has 0 heterocycles. The summed E-state index contributed by atoms with van der Waals surface area (Å²) in [5.41, 5.74) is 1.41. The second kappa shape index (κ2) is 9.13. The van der Waals surface area contributed by atoms with Gasteiger partial charge in [-0.05, 0) is 62.1 Å². The van der Waals surface area contributed by atoms with Gasteiger partial charge in [-0.25, -0.2) is 13.2 Å². The molecular formula is C24H25F3O. The van der Waals surface area contributed by atoms with E-state index in [1.54, 1.807) is 24.3 Å². The van der Waals surface area contributed by atoms with Gasteiger partial charge in [0, 0.05) is 11.1 Å². The van der Waals surface area contributed by atoms with Crippen molar-refractivity contribution in [2.24, 2.45) is 5.92 Å². The average molecular weight is 386 g/mol. The summed E-state index contributed by atoms with van der Waals surface area (Å²) in [4.78, 5) is 0. The summed E-state index contributed by atoms with van der Waals surface area (Å²) < 4.78 is 47.3. The quantitative estimate of drug-likeness (QED) is 0.513. The Kier molecular flexibility index (Phi) is 6.61. The van der Waals surface area contributed by atoms with Crippen LogP contribution in [0.4, 0.5) is 13.2 Å². The first-order valence-corrected chi connectivity index (χ1v) is 9.74. The number of hydrogen-bond donors (Lipinski definition) is 0. The molecule has 1 nitrogen and oxygen atoms in total. The van der Waals surface area contributed by atoms with Gasteiger partial charge in [-0.1, -0.05) is 43.0 Å². The molecule has 4 heteroatoms. The fraction of sp³-hybridized carbons (Fsp3) is 0.333. The zero-order chi connectivity index (χ0) is 20.1. The maximum atomic E-state index is 14.1. The van der Waals surface area contributed by atoms with Gasteiger partial charge in [0.15, 0.2) is 23.2 Å². The summed E-state index contributed by atoms with van der Waals surface area (Å²) in [6.07, 6.45) is 8.67. The monoisotopic (exact) mass is 386 g/mol. The van der Waals surface area contributed by atoms with Gasteiger partial charge in [-0.3, -0.25) is 0 Å². The smallest absolute Gasteiger partial charge is 0.166 e. The molecule has 0 bridgehead atoms. The third-order valence-electron chi connectivity index (χ3n) is 5.41. The van der Waals surface area contributed by atoms with Crippen LogP contribution in [-0.4, -0.2) is 6.61 Å². The predicted molar refractivity (Wildman–Crippen MR) is 108 cm³/mol. The Morgan fingerprint density at radius 2 is 1.68 bits per heavy atom. The molecule has 1 saturated carbocycles. The minimum absolute atomic E-state index is 0.165. The molecule has 2 aromatic rings. The lowest BCUT2D eigenvalue weighted by Gasteiger charge is -2.27. The summed E-state index contributed by atoms with van der Waals surface area (Å²) in [5.74, 6) is -1.10. The minimum atomic E-state index is -0.863. The SMILES string of the molecule is C=Cc1ccc(C=CC2CCC(c3ccc(OCC)c(F)c3)CC2)c(F)c1F. The van der Waals surface area contributed by atoms with Crippen molar-refractivity contribution in [3.8, 4) is 5.75 Å². The van der Waals surface area contributed by atoms with Crippen LogP contribution in [0.25, 0.3) is 12.2 Å². The van der Waals surface area contributed by atoms with E-state index >= 15 is 0 Å². The molecule has 28 heavy (non-hydrogen) atoms. The molecule has 0 spiro atoms. The van der Waals surface area contributed by atoms with E-state index in [-0.39, 0.29) is 16.9 Å². The minimum Gasteiger partial charge on any atom is -0.491 e. The fourth-order valence-electron chi connectivity index (χ4n) is 3.79. The Hall–Kier alpha value is -2.49. The fourth-order valence-corrected chi connectivity index (χ4v) is 3.79. The zero-order valence-corrected chi connectivity index (χ0v) is 16.1. The molecule has 148 valence electrons. The molecule has 0 N–H and O–H groups in total. The molecule has 0 saturated heterocycles. The molecule has 3 rings (SSSR count). The summed E-state index contributed by atoms with van der Waals surface area (Å²) in [7, 11) is 0. The Balaban J connectivity index is 1.61. The zero-order valence-electron chi connectivity index (χ0n) is 16.1. The van der Waals surface area contributed by atoms with E-state index in [1.165, 1.54) is 12.1 Å². The van der Waals surface area contributed by atoms with Crippen molar-refractivity contribution >= 4 is 12.2 Å². The second-order valence-electron chi connectivity index (χ2n) is 7.17. The van der Waals surface area contributed by atoms with E-state index in [9.17, 15) is 13.2 Å². The van der Waals surface area contributed by atoms with Crippen LogP contribution in [0.1, 0.15) is 55.2 Å². The third-order valence-corrected chi connectivity index (χ3v) is 5.41. The Labute approximate surface area is 164 Å². The molecule has 1 fully saturated rings. The first-order chi connectivity index (χ1) is 13.5. The molecule has 2 aromatic carbocycles. The number of hydrogen-bond acceptors (Lipinski definition) is 1. The van der Waals surface area contributed by atoms with E-state index in [0.717, 1.165) is 31.2 Å². The van der Waals surface area contributed by atoms with Gasteiger partial charge in [-0.2, -0.15) is 0 Å². The molecule has 0 radical (unpaired) electrons. The topological polar surface area (TPSA) is 9.23 Å². The number of allylic oxidation sites excluding steroid dienone is 1. The largest absolute Gasteiger partial charge is 0.491 e. The van der Waals surface area contributed by atoms with Crippen molar-refractivity contribution in [3.63, 3.8) is 0 Å². The normalized spacial score (nSPS) is 19.7. The van der Waals surface area contributed by atoms with Crippen LogP contribution in [0.5, 0.6) is 5.75 Å². The van der Waals surface area contributed by atoms with Crippen LogP contribution in [0, 0.1) is 23.4 Å². The highest BCUT2D eigenvalue weighted by molar-refractivity contribution is 5.56. The summed E-state index contributed by atoms with van der Waals surface area (Å²) in [6, 6.07) is 8.31. The van der Waals surface area contributed by atoms with Crippen LogP contribution < -0.4 is 4.74 Å². The Morgan fingerprint density at radius 3 is 2.32 bits per heavy atom. The average Bonchev–Trinajstić information content (AvgIpc) is 2.71. The maximum Gasteiger partial charge on any atom is 0.166 e. The highest BCUT2D eigenvalue weighted by Gasteiger charge is 2.22. The maximum absolute atomic E-state index is 14.1. The van der Waals surface area contributed by atoms with Gasteiger partial charge < -0.3 is 4.74 Å². The lowest BCUT2D eigenvalue weighted by Crippen LogP contribution is -2.12. The highest BCUT2D eigenvalue weighted by Crippen LogP contribution is 2.37. The number of halogens is 3. The molecule has 0 aliphatic heterocycles. The van der Waals surface area contributed by atoms with E-state index < -0.39 is 11.6 Å². The molecule has 1 aliphatic rings. The van der Waals surface area contributed by atoms with E-state index in [4.69, 9.17) is 4.74 Å². The van der Waals surface area contributed by atoms with Crippen LogP contribution in [0.2, 0.25) is 0 Å². The first-order valence-electron chi connectivity index (χ1n) is 9.74. The Morgan fingerprint density at radius 1 is 1.00 bits per heavy atom. The van der Waals surface area contributed by atoms with E-state index in [1.807, 2.05) is 19.1 Å². The van der Waals surface area contributed by atoms with Crippen molar-refractivity contribution in [2.75, 3.05) is 6.61 Å². The molecule has 0 aromatic heterocycles. The summed E-state index contributed by atoms with van der Waals surface area (Å²) in [5, 5.41) is 0. The third kappa shape index (κ3) is 4.49. The molecule has 1 aliphatic carbocycles.